The molecular weight excluding hydrogens is 285 g/mol. The number of rotatable bonds is 1. The van der Waals surface area contributed by atoms with E-state index in [9.17, 15) is 9.18 Å². The molecule has 0 unspecified atom stereocenters. The van der Waals surface area contributed by atoms with E-state index in [2.05, 4.69) is 15.9 Å². The van der Waals surface area contributed by atoms with Crippen LogP contribution in [0.5, 0.6) is 0 Å². The summed E-state index contributed by atoms with van der Waals surface area (Å²) in [5.74, 6) is -0.648. The van der Waals surface area contributed by atoms with Crippen LogP contribution in [0.1, 0.15) is 36.0 Å². The Morgan fingerprint density at radius 1 is 1.18 bits per heavy atom. The Morgan fingerprint density at radius 2 is 1.82 bits per heavy atom. The number of nitrogens with zero attached hydrogens (tertiary/aromatic N) is 1. The Hall–Kier alpha value is -0.900. The van der Waals surface area contributed by atoms with Crippen LogP contribution in [0, 0.1) is 5.82 Å². The molecule has 0 aliphatic carbocycles. The second-order valence-electron chi connectivity index (χ2n) is 4.30. The molecular formula is C13H15BrFNO. The zero-order valence-electron chi connectivity index (χ0n) is 9.59. The fraction of sp³-hybridized carbons (Fsp3) is 0.462. The minimum atomic E-state index is -0.450. The summed E-state index contributed by atoms with van der Waals surface area (Å²) in [6.07, 6.45) is 4.33. The van der Waals surface area contributed by atoms with E-state index in [-0.39, 0.29) is 11.5 Å². The maximum absolute atomic E-state index is 13.7. The van der Waals surface area contributed by atoms with Gasteiger partial charge in [0, 0.05) is 17.6 Å². The van der Waals surface area contributed by atoms with Gasteiger partial charge in [0.25, 0.3) is 5.91 Å². The molecule has 1 aliphatic rings. The number of likely N-dealkylation sites (tertiary alicyclic amines) is 1. The highest BCUT2D eigenvalue weighted by Gasteiger charge is 2.22. The highest BCUT2D eigenvalue weighted by Crippen LogP contribution is 2.22. The summed E-state index contributed by atoms with van der Waals surface area (Å²) in [5, 5.41) is 0. The summed E-state index contributed by atoms with van der Waals surface area (Å²) < 4.78 is 14.2. The average Bonchev–Trinajstić information content (AvgIpc) is 2.57. The van der Waals surface area contributed by atoms with Gasteiger partial charge in [-0.1, -0.05) is 18.9 Å². The molecule has 1 fully saturated rings. The maximum atomic E-state index is 13.7. The summed E-state index contributed by atoms with van der Waals surface area (Å²) in [6, 6.07) is 4.63. The highest BCUT2D eigenvalue weighted by molar-refractivity contribution is 9.10. The van der Waals surface area contributed by atoms with Gasteiger partial charge in [0.2, 0.25) is 0 Å². The first-order chi connectivity index (χ1) is 8.20. The molecule has 0 atom stereocenters. The Labute approximate surface area is 109 Å². The van der Waals surface area contributed by atoms with E-state index in [1.54, 1.807) is 17.0 Å². The van der Waals surface area contributed by atoms with Crippen molar-refractivity contribution < 1.29 is 9.18 Å². The molecule has 92 valence electrons. The first kappa shape index (κ1) is 12.6. The van der Waals surface area contributed by atoms with Gasteiger partial charge in [-0.15, -0.1) is 0 Å². The van der Waals surface area contributed by atoms with Crippen LogP contribution in [0.25, 0.3) is 0 Å². The lowest BCUT2D eigenvalue weighted by atomic mass is 10.2. The third-order valence-electron chi connectivity index (χ3n) is 3.07. The molecule has 1 aliphatic heterocycles. The van der Waals surface area contributed by atoms with Gasteiger partial charge in [0.1, 0.15) is 5.82 Å². The Balaban J connectivity index is 2.23. The Morgan fingerprint density at radius 3 is 2.41 bits per heavy atom. The predicted octanol–water partition coefficient (Wildman–Crippen LogP) is 3.60. The van der Waals surface area contributed by atoms with Gasteiger partial charge >= 0.3 is 0 Å². The first-order valence-corrected chi connectivity index (χ1v) is 6.73. The fourth-order valence-corrected chi connectivity index (χ4v) is 2.65. The van der Waals surface area contributed by atoms with E-state index >= 15 is 0 Å². The molecule has 1 aromatic carbocycles. The van der Waals surface area contributed by atoms with Gasteiger partial charge in [0.15, 0.2) is 0 Å². The summed E-state index contributed by atoms with van der Waals surface area (Å²) in [5.41, 5.74) is 0.161. The number of benzene rings is 1. The Bertz CT molecular complexity index is 394. The second-order valence-corrected chi connectivity index (χ2v) is 5.16. The van der Waals surface area contributed by atoms with Crippen LogP contribution in [0.4, 0.5) is 4.39 Å². The van der Waals surface area contributed by atoms with Gasteiger partial charge in [-0.2, -0.15) is 0 Å². The lowest BCUT2D eigenvalue weighted by Gasteiger charge is -2.21. The molecule has 0 bridgehead atoms. The molecule has 0 spiro atoms. The van der Waals surface area contributed by atoms with Crippen LogP contribution in [0.15, 0.2) is 22.7 Å². The largest absolute Gasteiger partial charge is 0.339 e. The lowest BCUT2D eigenvalue weighted by Crippen LogP contribution is -2.32. The number of amides is 1. The zero-order valence-corrected chi connectivity index (χ0v) is 11.2. The molecule has 1 heterocycles. The fourth-order valence-electron chi connectivity index (χ4n) is 2.13. The second kappa shape index (κ2) is 5.63. The number of halogens is 2. The Kier molecular flexibility index (Phi) is 4.15. The number of carbonyl (C=O) groups excluding carboxylic acids is 1. The molecule has 0 radical (unpaired) electrons. The quantitative estimate of drug-likeness (QED) is 0.776. The number of carbonyl (C=O) groups is 1. The number of hydrogen-bond donors (Lipinski definition) is 0. The molecule has 4 heteroatoms. The van der Waals surface area contributed by atoms with Crippen molar-refractivity contribution in [2.24, 2.45) is 0 Å². The van der Waals surface area contributed by atoms with Crippen molar-refractivity contribution in [3.05, 3.63) is 34.1 Å². The van der Waals surface area contributed by atoms with E-state index in [0.717, 1.165) is 38.8 Å². The van der Waals surface area contributed by atoms with E-state index in [1.165, 1.54) is 6.07 Å². The lowest BCUT2D eigenvalue weighted by molar-refractivity contribution is 0.0756. The molecule has 17 heavy (non-hydrogen) atoms. The summed E-state index contributed by atoms with van der Waals surface area (Å²) in [4.78, 5) is 14.0. The minimum absolute atomic E-state index is 0.161. The average molecular weight is 300 g/mol. The summed E-state index contributed by atoms with van der Waals surface area (Å²) >= 11 is 3.25. The van der Waals surface area contributed by atoms with Crippen molar-refractivity contribution in [3.63, 3.8) is 0 Å². The van der Waals surface area contributed by atoms with Gasteiger partial charge < -0.3 is 4.90 Å². The van der Waals surface area contributed by atoms with Crippen LogP contribution in [-0.2, 0) is 0 Å². The first-order valence-electron chi connectivity index (χ1n) is 5.93. The van der Waals surface area contributed by atoms with Crippen molar-refractivity contribution in [1.82, 2.24) is 4.90 Å². The topological polar surface area (TPSA) is 20.3 Å². The van der Waals surface area contributed by atoms with Crippen molar-refractivity contribution in [2.75, 3.05) is 13.1 Å². The van der Waals surface area contributed by atoms with Crippen LogP contribution in [-0.4, -0.2) is 23.9 Å². The predicted molar refractivity (Wildman–Crippen MR) is 68.5 cm³/mol. The highest BCUT2D eigenvalue weighted by atomic mass is 79.9. The summed E-state index contributed by atoms with van der Waals surface area (Å²) in [6.45, 7) is 1.47. The van der Waals surface area contributed by atoms with Gasteiger partial charge in [-0.3, -0.25) is 4.79 Å². The third kappa shape index (κ3) is 2.86. The smallest absolute Gasteiger partial charge is 0.257 e. The van der Waals surface area contributed by atoms with Crippen LogP contribution >= 0.6 is 15.9 Å². The van der Waals surface area contributed by atoms with E-state index in [4.69, 9.17) is 0 Å². The molecule has 1 aromatic rings. The van der Waals surface area contributed by atoms with Gasteiger partial charge in [0.05, 0.1) is 5.56 Å². The molecule has 0 aromatic heterocycles. The van der Waals surface area contributed by atoms with Gasteiger partial charge in [-0.05, 0) is 40.9 Å². The monoisotopic (exact) mass is 299 g/mol. The summed E-state index contributed by atoms with van der Waals surface area (Å²) in [7, 11) is 0. The standard InChI is InChI=1S/C13H15BrFNO/c14-10-6-5-7-11(15)12(10)13(17)16-8-3-1-2-4-9-16/h5-7H,1-4,8-9H2. The van der Waals surface area contributed by atoms with E-state index < -0.39 is 5.82 Å². The molecule has 2 nitrogen and oxygen atoms in total. The molecule has 1 saturated heterocycles. The molecule has 1 amide bonds. The number of hydrogen-bond acceptors (Lipinski definition) is 1. The minimum Gasteiger partial charge on any atom is -0.339 e. The normalized spacial score (nSPS) is 16.7. The SMILES string of the molecule is O=C(c1c(F)cccc1Br)N1CCCCCC1. The van der Waals surface area contributed by atoms with Crippen LogP contribution < -0.4 is 0 Å². The van der Waals surface area contributed by atoms with Crippen LogP contribution in [0.3, 0.4) is 0 Å². The van der Waals surface area contributed by atoms with E-state index in [1.807, 2.05) is 0 Å². The van der Waals surface area contributed by atoms with Gasteiger partial charge in [-0.25, -0.2) is 4.39 Å². The van der Waals surface area contributed by atoms with Crippen molar-refractivity contribution in [2.45, 2.75) is 25.7 Å². The third-order valence-corrected chi connectivity index (χ3v) is 3.73. The molecule has 0 saturated carbocycles. The van der Waals surface area contributed by atoms with Crippen molar-refractivity contribution >= 4 is 21.8 Å². The van der Waals surface area contributed by atoms with Crippen LogP contribution in [0.2, 0.25) is 0 Å². The molecule has 0 N–H and O–H groups in total. The van der Waals surface area contributed by atoms with Crippen molar-refractivity contribution in [3.8, 4) is 0 Å². The van der Waals surface area contributed by atoms with E-state index in [0.29, 0.717) is 4.47 Å². The zero-order chi connectivity index (χ0) is 12.3. The van der Waals surface area contributed by atoms with Crippen molar-refractivity contribution in [1.29, 1.82) is 0 Å². The maximum Gasteiger partial charge on any atom is 0.257 e. The molecule has 2 rings (SSSR count).